The average molecular weight is 677 g/mol. The molecule has 4 atom stereocenters. The third-order valence-corrected chi connectivity index (χ3v) is 9.13. The molecule has 0 spiro atoms. The number of aliphatic hydroxyl groups is 2. The minimum Gasteiger partial charge on any atom is -0.383 e. The zero-order valence-electron chi connectivity index (χ0n) is 31.0. The molecule has 276 valence electrons. The molecule has 0 fully saturated rings. The fourth-order valence-corrected chi connectivity index (χ4v) is 7.84. The molecular formula is C35H64O12. The van der Waals surface area contributed by atoms with Crippen LogP contribution in [0.3, 0.4) is 0 Å². The minimum atomic E-state index is -1.96. The Morgan fingerprint density at radius 2 is 0.660 bits per heavy atom. The van der Waals surface area contributed by atoms with Crippen molar-refractivity contribution in [3.8, 4) is 0 Å². The quantitative estimate of drug-likeness (QED) is 0.124. The lowest BCUT2D eigenvalue weighted by atomic mass is 9.52. The first-order valence-electron chi connectivity index (χ1n) is 17.5. The summed E-state index contributed by atoms with van der Waals surface area (Å²) in [5, 5.41) is 23.6. The fraction of sp³-hybridized carbons (Fsp3) is 0.886. The molecule has 0 aliphatic heterocycles. The molecule has 0 aromatic rings. The van der Waals surface area contributed by atoms with Crippen LogP contribution in [0.15, 0.2) is 24.3 Å². The molecule has 2 N–H and O–H groups in total. The Morgan fingerprint density at radius 3 is 0.872 bits per heavy atom. The third-order valence-electron chi connectivity index (χ3n) is 9.13. The van der Waals surface area contributed by atoms with Gasteiger partial charge in [0.05, 0.1) is 0 Å². The van der Waals surface area contributed by atoms with Crippen molar-refractivity contribution in [2.75, 3.05) is 66.1 Å². The molecule has 0 amide bonds. The highest BCUT2D eigenvalue weighted by atomic mass is 16.8. The first-order valence-corrected chi connectivity index (χ1v) is 17.5. The molecule has 12 heteroatoms. The van der Waals surface area contributed by atoms with E-state index in [1.807, 2.05) is 83.1 Å². The van der Waals surface area contributed by atoms with Crippen molar-refractivity contribution in [3.63, 3.8) is 0 Å². The van der Waals surface area contributed by atoms with Gasteiger partial charge in [0.15, 0.2) is 11.2 Å². The second-order valence-electron chi connectivity index (χ2n) is 11.6. The molecule has 0 aromatic heterocycles. The van der Waals surface area contributed by atoms with Crippen LogP contribution < -0.4 is 0 Å². The van der Waals surface area contributed by atoms with Gasteiger partial charge in [-0.2, -0.15) is 0 Å². The number of ether oxygens (including phenoxy) is 10. The molecule has 0 heterocycles. The highest BCUT2D eigenvalue weighted by molar-refractivity contribution is 5.39. The Morgan fingerprint density at radius 1 is 0.426 bits per heavy atom. The fourth-order valence-electron chi connectivity index (χ4n) is 7.84. The summed E-state index contributed by atoms with van der Waals surface area (Å²) < 4.78 is 66.7. The van der Waals surface area contributed by atoms with E-state index < -0.39 is 52.0 Å². The summed E-state index contributed by atoms with van der Waals surface area (Å²) in [6.45, 7) is 23.6. The summed E-state index contributed by atoms with van der Waals surface area (Å²) in [5.41, 5.74) is -4.75. The first-order chi connectivity index (χ1) is 22.4. The van der Waals surface area contributed by atoms with Gasteiger partial charge in [0.2, 0.25) is 0 Å². The molecule has 0 saturated heterocycles. The molecule has 0 aromatic carbocycles. The van der Waals surface area contributed by atoms with Crippen LogP contribution in [0.2, 0.25) is 0 Å². The van der Waals surface area contributed by atoms with E-state index in [2.05, 4.69) is 0 Å². The minimum absolute atomic E-state index is 0.132. The number of rotatable bonds is 22. The van der Waals surface area contributed by atoms with Crippen LogP contribution in [0.1, 0.15) is 83.1 Å². The Kier molecular flexibility index (Phi) is 15.5. The predicted molar refractivity (Wildman–Crippen MR) is 177 cm³/mol. The molecule has 0 radical (unpaired) electrons. The summed E-state index contributed by atoms with van der Waals surface area (Å²) in [6.07, 6.45) is 4.00. The molecule has 2 rings (SSSR count). The summed E-state index contributed by atoms with van der Waals surface area (Å²) in [4.78, 5) is 0. The van der Waals surface area contributed by atoms with Gasteiger partial charge in [-0.25, -0.2) is 0 Å². The normalized spacial score (nSPS) is 29.3. The lowest BCUT2D eigenvalue weighted by Crippen LogP contribution is -2.87. The highest BCUT2D eigenvalue weighted by Crippen LogP contribution is 2.65. The number of aliphatic hydroxyl groups excluding tert-OH is 2. The molecule has 0 saturated carbocycles. The van der Waals surface area contributed by atoms with Crippen molar-refractivity contribution in [2.24, 2.45) is 5.41 Å². The van der Waals surface area contributed by atoms with Gasteiger partial charge in [-0.3, -0.25) is 0 Å². The maximum absolute atomic E-state index is 11.8. The van der Waals surface area contributed by atoms with Crippen molar-refractivity contribution < 1.29 is 57.6 Å². The van der Waals surface area contributed by atoms with E-state index in [1.165, 1.54) is 0 Å². The van der Waals surface area contributed by atoms with Crippen LogP contribution in [0.4, 0.5) is 0 Å². The average Bonchev–Trinajstić information content (AvgIpc) is 3.02. The standard InChI is InChI=1S/C35H64O12/c1-13-38-30(25-23-27(36)32(40-15-3,41-16-4)34(30,44-19-7)45-20-8)29(11,12)31(39-14-2)26-24-28(37)33(42-17-5,43-18-6)35(31,46-21-9)47-22-10/h23-28,36-37H,13-22H2,1-12H3. The second kappa shape index (κ2) is 17.3. The topological polar surface area (TPSA) is 133 Å². The van der Waals surface area contributed by atoms with E-state index in [9.17, 15) is 10.2 Å². The van der Waals surface area contributed by atoms with Gasteiger partial charge in [-0.15, -0.1) is 0 Å². The number of hydrogen-bond donors (Lipinski definition) is 2. The molecule has 12 nitrogen and oxygen atoms in total. The molecule has 4 unspecified atom stereocenters. The van der Waals surface area contributed by atoms with E-state index in [4.69, 9.17) is 47.4 Å². The predicted octanol–water partition coefficient (Wildman–Crippen LogP) is 4.50. The van der Waals surface area contributed by atoms with Gasteiger partial charge in [-0.1, -0.05) is 26.0 Å². The summed E-state index contributed by atoms with van der Waals surface area (Å²) in [5.74, 6) is -7.74. The van der Waals surface area contributed by atoms with Gasteiger partial charge in [0.1, 0.15) is 12.2 Å². The largest absolute Gasteiger partial charge is 0.383 e. The van der Waals surface area contributed by atoms with Gasteiger partial charge < -0.3 is 57.6 Å². The highest BCUT2D eigenvalue weighted by Gasteiger charge is 2.85. The molecule has 2 aliphatic rings. The lowest BCUT2D eigenvalue weighted by molar-refractivity contribution is -0.505. The Hall–Kier alpha value is -1.00. The van der Waals surface area contributed by atoms with E-state index >= 15 is 0 Å². The van der Waals surface area contributed by atoms with E-state index in [0.29, 0.717) is 0 Å². The smallest absolute Gasteiger partial charge is 0.261 e. The molecule has 0 bridgehead atoms. The lowest BCUT2D eigenvalue weighted by Gasteiger charge is -2.69. The van der Waals surface area contributed by atoms with Crippen LogP contribution in [-0.2, 0) is 47.4 Å². The molecular weight excluding hydrogens is 612 g/mol. The van der Waals surface area contributed by atoms with Crippen LogP contribution >= 0.6 is 0 Å². The molecule has 2 aliphatic carbocycles. The maximum atomic E-state index is 11.8. The van der Waals surface area contributed by atoms with Crippen molar-refractivity contribution in [1.82, 2.24) is 0 Å². The van der Waals surface area contributed by atoms with Crippen molar-refractivity contribution in [1.29, 1.82) is 0 Å². The third kappa shape index (κ3) is 6.08. The van der Waals surface area contributed by atoms with Crippen LogP contribution in [0.25, 0.3) is 0 Å². The van der Waals surface area contributed by atoms with Crippen LogP contribution in [-0.4, -0.2) is 123 Å². The SMILES string of the molecule is CCOC1(OCC)C(O)C=CC(OCC)(C(C)(C)C2(OCC)C=CC(O)C(OCC)(OCC)C2(OCC)OCC)C1(OCC)OCC. The van der Waals surface area contributed by atoms with Crippen molar-refractivity contribution >= 4 is 0 Å². The molecule has 47 heavy (non-hydrogen) atoms. The summed E-state index contributed by atoms with van der Waals surface area (Å²) >= 11 is 0. The maximum Gasteiger partial charge on any atom is 0.261 e. The Labute approximate surface area is 282 Å². The monoisotopic (exact) mass is 676 g/mol. The summed E-state index contributed by atoms with van der Waals surface area (Å²) in [7, 11) is 0. The first kappa shape index (κ1) is 42.2. The Bertz CT molecular complexity index is 899. The number of hydrogen-bond acceptors (Lipinski definition) is 12. The van der Waals surface area contributed by atoms with E-state index in [0.717, 1.165) is 0 Å². The zero-order chi connectivity index (χ0) is 35.6. The second-order valence-corrected chi connectivity index (χ2v) is 11.6. The van der Waals surface area contributed by atoms with Crippen LogP contribution in [0.5, 0.6) is 0 Å². The van der Waals surface area contributed by atoms with E-state index in [-0.39, 0.29) is 66.1 Å². The van der Waals surface area contributed by atoms with Gasteiger partial charge in [-0.05, 0) is 81.4 Å². The van der Waals surface area contributed by atoms with Gasteiger partial charge in [0.25, 0.3) is 23.1 Å². The van der Waals surface area contributed by atoms with Gasteiger partial charge in [0, 0.05) is 71.5 Å². The van der Waals surface area contributed by atoms with Crippen molar-refractivity contribution in [3.05, 3.63) is 24.3 Å². The zero-order valence-corrected chi connectivity index (χ0v) is 31.0. The van der Waals surface area contributed by atoms with Crippen molar-refractivity contribution in [2.45, 2.75) is 130 Å². The summed E-state index contributed by atoms with van der Waals surface area (Å²) in [6, 6.07) is 0. The Balaban J connectivity index is 3.38. The van der Waals surface area contributed by atoms with Gasteiger partial charge >= 0.3 is 0 Å². The van der Waals surface area contributed by atoms with E-state index in [1.54, 1.807) is 24.3 Å². The van der Waals surface area contributed by atoms with Crippen LogP contribution in [0, 0.1) is 5.41 Å².